The summed E-state index contributed by atoms with van der Waals surface area (Å²) in [6, 6.07) is 14.2. The Hall–Kier alpha value is -1.26. The van der Waals surface area contributed by atoms with Gasteiger partial charge < -0.3 is 4.74 Å². The van der Waals surface area contributed by atoms with Gasteiger partial charge in [-0.05, 0) is 35.7 Å². The summed E-state index contributed by atoms with van der Waals surface area (Å²) in [6.45, 7) is 0.645. The number of benzene rings is 2. The molecule has 0 saturated heterocycles. The Balaban J connectivity index is 1.68. The molecule has 0 saturated carbocycles. The lowest BCUT2D eigenvalue weighted by Gasteiger charge is -2.07. The Labute approximate surface area is 130 Å². The summed E-state index contributed by atoms with van der Waals surface area (Å²) in [4.78, 5) is 0. The third-order valence-electron chi connectivity index (χ3n) is 3.27. The third kappa shape index (κ3) is 5.94. The lowest BCUT2D eigenvalue weighted by molar-refractivity contribution is 0.305. The monoisotopic (exact) mass is 326 g/mol. The van der Waals surface area contributed by atoms with Crippen LogP contribution in [-0.2, 0) is 9.05 Å². The minimum Gasteiger partial charge on any atom is -0.494 e. The Bertz CT molecular complexity index is 683. The average Bonchev–Trinajstić information content (AvgIpc) is 2.45. The second-order valence-corrected chi connectivity index (χ2v) is 7.91. The van der Waals surface area contributed by atoms with Gasteiger partial charge in [0, 0.05) is 10.7 Å². The number of fused-ring (bicyclic) bond motifs is 1. The van der Waals surface area contributed by atoms with Gasteiger partial charge in [0.05, 0.1) is 12.4 Å². The van der Waals surface area contributed by atoms with Crippen LogP contribution in [0.5, 0.6) is 5.75 Å². The van der Waals surface area contributed by atoms with Crippen molar-refractivity contribution in [1.29, 1.82) is 0 Å². The maximum Gasteiger partial charge on any atom is 0.232 e. The Kier molecular flexibility index (Phi) is 5.88. The second kappa shape index (κ2) is 7.66. The molecule has 0 aliphatic carbocycles. The van der Waals surface area contributed by atoms with Crippen LogP contribution in [0.4, 0.5) is 0 Å². The van der Waals surface area contributed by atoms with E-state index in [2.05, 4.69) is 18.2 Å². The maximum absolute atomic E-state index is 10.8. The van der Waals surface area contributed by atoms with Crippen molar-refractivity contribution in [2.45, 2.75) is 25.7 Å². The van der Waals surface area contributed by atoms with Crippen molar-refractivity contribution < 1.29 is 13.2 Å². The van der Waals surface area contributed by atoms with Crippen LogP contribution in [0.2, 0.25) is 0 Å². The molecular weight excluding hydrogens is 308 g/mol. The molecule has 3 nitrogen and oxygen atoms in total. The molecule has 0 spiro atoms. The van der Waals surface area contributed by atoms with E-state index in [1.54, 1.807) is 0 Å². The number of rotatable bonds is 8. The van der Waals surface area contributed by atoms with E-state index in [1.165, 1.54) is 10.8 Å². The van der Waals surface area contributed by atoms with Crippen molar-refractivity contribution in [2.24, 2.45) is 0 Å². The highest BCUT2D eigenvalue weighted by molar-refractivity contribution is 8.13. The molecule has 0 radical (unpaired) electrons. The van der Waals surface area contributed by atoms with Gasteiger partial charge >= 0.3 is 0 Å². The van der Waals surface area contributed by atoms with Crippen LogP contribution in [0.3, 0.4) is 0 Å². The normalized spacial score (nSPS) is 11.7. The van der Waals surface area contributed by atoms with Crippen LogP contribution in [0.15, 0.2) is 42.5 Å². The first kappa shape index (κ1) is 16.1. The van der Waals surface area contributed by atoms with E-state index < -0.39 is 9.05 Å². The van der Waals surface area contributed by atoms with Crippen LogP contribution >= 0.6 is 10.7 Å². The molecule has 0 amide bonds. The molecule has 0 aromatic heterocycles. The maximum atomic E-state index is 10.8. The topological polar surface area (TPSA) is 43.4 Å². The van der Waals surface area contributed by atoms with Gasteiger partial charge in [-0.3, -0.25) is 0 Å². The van der Waals surface area contributed by atoms with Crippen LogP contribution in [-0.4, -0.2) is 20.8 Å². The zero-order valence-corrected chi connectivity index (χ0v) is 13.4. The molecule has 2 aromatic carbocycles. The fraction of sp³-hybridized carbons (Fsp3) is 0.375. The van der Waals surface area contributed by atoms with Crippen molar-refractivity contribution >= 4 is 30.5 Å². The summed E-state index contributed by atoms with van der Waals surface area (Å²) >= 11 is 0. The zero-order valence-electron chi connectivity index (χ0n) is 11.8. The molecule has 5 heteroatoms. The molecule has 0 atom stereocenters. The van der Waals surface area contributed by atoms with Crippen molar-refractivity contribution in [3.63, 3.8) is 0 Å². The smallest absolute Gasteiger partial charge is 0.232 e. The van der Waals surface area contributed by atoms with Crippen LogP contribution in [0, 0.1) is 0 Å². The van der Waals surface area contributed by atoms with Gasteiger partial charge in [-0.2, -0.15) is 0 Å². The van der Waals surface area contributed by atoms with Crippen molar-refractivity contribution in [1.82, 2.24) is 0 Å². The Morgan fingerprint density at radius 2 is 1.62 bits per heavy atom. The molecule has 0 unspecified atom stereocenters. The first-order valence-electron chi connectivity index (χ1n) is 7.08. The van der Waals surface area contributed by atoms with Crippen LogP contribution < -0.4 is 4.74 Å². The molecule has 0 aliphatic rings. The van der Waals surface area contributed by atoms with E-state index >= 15 is 0 Å². The first-order valence-corrected chi connectivity index (χ1v) is 9.56. The Morgan fingerprint density at radius 3 is 2.38 bits per heavy atom. The highest BCUT2D eigenvalue weighted by Crippen LogP contribution is 2.20. The van der Waals surface area contributed by atoms with E-state index in [0.717, 1.165) is 25.0 Å². The quantitative estimate of drug-likeness (QED) is 0.535. The van der Waals surface area contributed by atoms with E-state index in [4.69, 9.17) is 15.4 Å². The predicted octanol–water partition coefficient (Wildman–Crippen LogP) is 4.35. The van der Waals surface area contributed by atoms with Gasteiger partial charge in [0.1, 0.15) is 5.75 Å². The minimum atomic E-state index is -3.34. The third-order valence-corrected chi connectivity index (χ3v) is 4.51. The standard InChI is InChI=1S/C16H19ClO3S/c17-21(18,19)12-6-2-1-5-11-20-16-10-9-14-7-3-4-8-15(14)13-16/h3-4,7-10,13H,1-2,5-6,11-12H2. The molecular formula is C16H19ClO3S. The number of unbranched alkanes of at least 4 members (excludes halogenated alkanes) is 3. The lowest BCUT2D eigenvalue weighted by Crippen LogP contribution is -1.99. The lowest BCUT2D eigenvalue weighted by atomic mass is 10.1. The highest BCUT2D eigenvalue weighted by atomic mass is 35.7. The molecule has 21 heavy (non-hydrogen) atoms. The predicted molar refractivity (Wildman–Crippen MR) is 87.6 cm³/mol. The molecule has 0 fully saturated rings. The van der Waals surface area contributed by atoms with E-state index in [1.807, 2.05) is 24.3 Å². The SMILES string of the molecule is O=S(=O)(Cl)CCCCCCOc1ccc2ccccc2c1. The second-order valence-electron chi connectivity index (χ2n) is 5.01. The van der Waals surface area contributed by atoms with Crippen LogP contribution in [0.1, 0.15) is 25.7 Å². The number of halogens is 1. The summed E-state index contributed by atoms with van der Waals surface area (Å²) in [7, 11) is 1.81. The van der Waals surface area contributed by atoms with Crippen molar-refractivity contribution in [3.8, 4) is 5.75 Å². The fourth-order valence-electron chi connectivity index (χ4n) is 2.18. The number of hydrogen-bond acceptors (Lipinski definition) is 3. The molecule has 0 bridgehead atoms. The number of ether oxygens (including phenoxy) is 1. The summed E-state index contributed by atoms with van der Waals surface area (Å²) in [5.74, 6) is 0.928. The summed E-state index contributed by atoms with van der Waals surface area (Å²) in [5.41, 5.74) is 0. The van der Waals surface area contributed by atoms with E-state index in [0.29, 0.717) is 13.0 Å². The van der Waals surface area contributed by atoms with Gasteiger partial charge in [-0.15, -0.1) is 0 Å². The largest absolute Gasteiger partial charge is 0.494 e. The first-order chi connectivity index (χ1) is 10.0. The van der Waals surface area contributed by atoms with Gasteiger partial charge in [0.15, 0.2) is 0 Å². The van der Waals surface area contributed by atoms with E-state index in [9.17, 15) is 8.42 Å². The van der Waals surface area contributed by atoms with E-state index in [-0.39, 0.29) is 5.75 Å². The fourth-order valence-corrected chi connectivity index (χ4v) is 3.05. The van der Waals surface area contributed by atoms with Crippen molar-refractivity contribution in [2.75, 3.05) is 12.4 Å². The summed E-state index contributed by atoms with van der Waals surface area (Å²) in [5, 5.41) is 2.37. The zero-order chi connectivity index (χ0) is 15.1. The molecule has 2 aromatic rings. The van der Waals surface area contributed by atoms with Gasteiger partial charge in [-0.1, -0.05) is 43.2 Å². The summed E-state index contributed by atoms with van der Waals surface area (Å²) < 4.78 is 27.2. The minimum absolute atomic E-state index is 0.0556. The molecule has 0 aliphatic heterocycles. The van der Waals surface area contributed by atoms with Crippen LogP contribution in [0.25, 0.3) is 10.8 Å². The number of hydrogen-bond donors (Lipinski definition) is 0. The molecule has 0 heterocycles. The van der Waals surface area contributed by atoms with Crippen molar-refractivity contribution in [3.05, 3.63) is 42.5 Å². The summed E-state index contributed by atoms with van der Waals surface area (Å²) in [6.07, 6.45) is 3.32. The average molecular weight is 327 g/mol. The molecule has 2 rings (SSSR count). The van der Waals surface area contributed by atoms with Gasteiger partial charge in [-0.25, -0.2) is 8.42 Å². The molecule has 0 N–H and O–H groups in total. The molecule has 114 valence electrons. The highest BCUT2D eigenvalue weighted by Gasteiger charge is 2.03. The van der Waals surface area contributed by atoms with Gasteiger partial charge in [0.2, 0.25) is 9.05 Å². The Morgan fingerprint density at radius 1 is 0.905 bits per heavy atom. The van der Waals surface area contributed by atoms with Gasteiger partial charge in [0.25, 0.3) is 0 Å².